The number of rotatable bonds is 9. The van der Waals surface area contributed by atoms with Crippen LogP contribution in [0, 0.1) is 0 Å². The Morgan fingerprint density at radius 3 is 2.64 bits per heavy atom. The number of hydrogen-bond acceptors (Lipinski definition) is 4. The van der Waals surface area contributed by atoms with E-state index in [2.05, 4.69) is 47.7 Å². The molecule has 1 atom stereocenters. The molecule has 1 aromatic heterocycles. The number of aliphatic imine (C=N–C) groups is 1. The van der Waals surface area contributed by atoms with Crippen LogP contribution in [0.4, 0.5) is 0 Å². The van der Waals surface area contributed by atoms with Crippen LogP contribution in [0.3, 0.4) is 0 Å². The van der Waals surface area contributed by atoms with Gasteiger partial charge in [-0.25, -0.2) is 0 Å². The Kier molecular flexibility index (Phi) is 10.9. The van der Waals surface area contributed by atoms with Gasteiger partial charge in [0.2, 0.25) is 0 Å². The van der Waals surface area contributed by atoms with Gasteiger partial charge in [0.05, 0.1) is 25.9 Å². The highest BCUT2D eigenvalue weighted by Crippen LogP contribution is 2.18. The first kappa shape index (κ1) is 24.2. The summed E-state index contributed by atoms with van der Waals surface area (Å²) in [6.07, 6.45) is 4.82. The molecule has 156 valence electrons. The van der Waals surface area contributed by atoms with Gasteiger partial charge in [-0.2, -0.15) is 5.10 Å². The maximum Gasteiger partial charge on any atom is 0.191 e. The minimum atomic E-state index is 0. The second-order valence-electron chi connectivity index (χ2n) is 6.63. The Balaban J connectivity index is 0.00000392. The number of nitrogens with one attached hydrogen (secondary N) is 2. The van der Waals surface area contributed by atoms with Crippen LogP contribution in [0.5, 0.6) is 5.75 Å². The number of aryl methyl sites for hydroxylation is 1. The molecule has 0 bridgehead atoms. The number of likely N-dealkylation sites (N-methyl/N-ethyl adjacent to an activating group) is 1. The monoisotopic (exact) mass is 500 g/mol. The molecule has 0 saturated heterocycles. The maximum atomic E-state index is 5.42. The van der Waals surface area contributed by atoms with Gasteiger partial charge in [-0.05, 0) is 39.1 Å². The van der Waals surface area contributed by atoms with Crippen molar-refractivity contribution in [1.82, 2.24) is 25.3 Å². The van der Waals surface area contributed by atoms with Crippen molar-refractivity contribution < 1.29 is 4.74 Å². The van der Waals surface area contributed by atoms with Gasteiger partial charge in [0.15, 0.2) is 5.96 Å². The molecule has 0 saturated carbocycles. The summed E-state index contributed by atoms with van der Waals surface area (Å²) >= 11 is 0. The van der Waals surface area contributed by atoms with Gasteiger partial charge in [0.25, 0.3) is 0 Å². The van der Waals surface area contributed by atoms with E-state index in [9.17, 15) is 0 Å². The largest absolute Gasteiger partial charge is 0.496 e. The van der Waals surface area contributed by atoms with Crippen LogP contribution < -0.4 is 15.4 Å². The molecule has 7 nitrogen and oxygen atoms in total. The minimum Gasteiger partial charge on any atom is -0.496 e. The topological polar surface area (TPSA) is 66.7 Å². The molecule has 2 aromatic rings. The zero-order chi connectivity index (χ0) is 19.6. The molecule has 0 aliphatic heterocycles. The molecular weight excluding hydrogens is 467 g/mol. The van der Waals surface area contributed by atoms with Crippen LogP contribution in [0.2, 0.25) is 0 Å². The molecule has 1 aromatic carbocycles. The third-order valence-electron chi connectivity index (χ3n) is 4.38. The molecule has 0 aliphatic carbocycles. The second kappa shape index (κ2) is 12.6. The van der Waals surface area contributed by atoms with Crippen LogP contribution in [0.25, 0.3) is 0 Å². The van der Waals surface area contributed by atoms with Crippen LogP contribution >= 0.6 is 24.0 Å². The van der Waals surface area contributed by atoms with E-state index in [1.807, 2.05) is 42.3 Å². The first-order valence-electron chi connectivity index (χ1n) is 9.34. The van der Waals surface area contributed by atoms with Crippen molar-refractivity contribution in [3.63, 3.8) is 0 Å². The van der Waals surface area contributed by atoms with Crippen LogP contribution in [-0.4, -0.2) is 61.5 Å². The van der Waals surface area contributed by atoms with Gasteiger partial charge in [-0.3, -0.25) is 9.67 Å². The fourth-order valence-electron chi connectivity index (χ4n) is 2.92. The van der Waals surface area contributed by atoms with Gasteiger partial charge in [0.1, 0.15) is 5.75 Å². The molecule has 1 heterocycles. The van der Waals surface area contributed by atoms with Crippen molar-refractivity contribution in [1.29, 1.82) is 0 Å². The van der Waals surface area contributed by atoms with Crippen molar-refractivity contribution in [2.45, 2.75) is 19.4 Å². The Labute approximate surface area is 185 Å². The third kappa shape index (κ3) is 7.31. The minimum absolute atomic E-state index is 0. The first-order chi connectivity index (χ1) is 13.0. The smallest absolute Gasteiger partial charge is 0.191 e. The summed E-state index contributed by atoms with van der Waals surface area (Å²) in [5.74, 6) is 1.74. The van der Waals surface area contributed by atoms with Crippen molar-refractivity contribution >= 4 is 29.9 Å². The summed E-state index contributed by atoms with van der Waals surface area (Å²) in [6.45, 7) is 4.33. The fourth-order valence-corrected chi connectivity index (χ4v) is 2.92. The second-order valence-corrected chi connectivity index (χ2v) is 6.63. The summed E-state index contributed by atoms with van der Waals surface area (Å²) in [5.41, 5.74) is 2.35. The number of aromatic nitrogens is 2. The van der Waals surface area contributed by atoms with E-state index in [-0.39, 0.29) is 30.0 Å². The maximum absolute atomic E-state index is 5.42. The molecule has 2 rings (SSSR count). The molecule has 0 aliphatic rings. The lowest BCUT2D eigenvalue weighted by Gasteiger charge is -2.22. The highest BCUT2D eigenvalue weighted by Gasteiger charge is 2.15. The molecular formula is C20H33IN6O. The van der Waals surface area contributed by atoms with Gasteiger partial charge < -0.3 is 20.3 Å². The van der Waals surface area contributed by atoms with Gasteiger partial charge in [-0.15, -0.1) is 24.0 Å². The molecule has 0 radical (unpaired) electrons. The van der Waals surface area contributed by atoms with Crippen LogP contribution in [0.1, 0.15) is 24.1 Å². The molecule has 0 spiro atoms. The molecule has 0 fully saturated rings. The lowest BCUT2D eigenvalue weighted by molar-refractivity contribution is 0.306. The van der Waals surface area contributed by atoms with Gasteiger partial charge in [-0.1, -0.05) is 18.2 Å². The molecule has 8 heteroatoms. The number of hydrogen-bond donors (Lipinski definition) is 2. The van der Waals surface area contributed by atoms with E-state index in [4.69, 9.17) is 9.73 Å². The van der Waals surface area contributed by atoms with E-state index in [1.165, 1.54) is 5.56 Å². The Hall–Kier alpha value is -1.81. The van der Waals surface area contributed by atoms with E-state index < -0.39 is 0 Å². The number of nitrogens with zero attached hydrogens (tertiary/aromatic N) is 4. The summed E-state index contributed by atoms with van der Waals surface area (Å²) in [7, 11) is 7.77. The SMILES string of the molecule is CCNC(=NCC(c1cnn(C)c1)N(C)C)NCCc1ccccc1OC.I. The number of methoxy groups -OCH3 is 1. The van der Waals surface area contributed by atoms with Gasteiger partial charge in [0, 0.05) is 31.9 Å². The zero-order valence-electron chi connectivity index (χ0n) is 17.5. The number of halogens is 1. The predicted molar refractivity (Wildman–Crippen MR) is 126 cm³/mol. The highest BCUT2D eigenvalue weighted by atomic mass is 127. The lowest BCUT2D eigenvalue weighted by atomic mass is 10.1. The number of benzene rings is 1. The predicted octanol–water partition coefficient (Wildman–Crippen LogP) is 2.45. The summed E-state index contributed by atoms with van der Waals surface area (Å²) in [5, 5.41) is 11.0. The Bertz CT molecular complexity index is 731. The van der Waals surface area contributed by atoms with E-state index in [1.54, 1.807) is 7.11 Å². The highest BCUT2D eigenvalue weighted by molar-refractivity contribution is 14.0. The average Bonchev–Trinajstić information content (AvgIpc) is 3.08. The van der Waals surface area contributed by atoms with Crippen molar-refractivity contribution in [2.75, 3.05) is 40.8 Å². The Morgan fingerprint density at radius 2 is 2.04 bits per heavy atom. The summed E-state index contributed by atoms with van der Waals surface area (Å²) < 4.78 is 7.25. The molecule has 28 heavy (non-hydrogen) atoms. The zero-order valence-corrected chi connectivity index (χ0v) is 19.8. The fraction of sp³-hybridized carbons (Fsp3) is 0.500. The first-order valence-corrected chi connectivity index (χ1v) is 9.34. The molecule has 1 unspecified atom stereocenters. The summed E-state index contributed by atoms with van der Waals surface area (Å²) in [6, 6.07) is 8.29. The Morgan fingerprint density at radius 1 is 1.29 bits per heavy atom. The quantitative estimate of drug-likeness (QED) is 0.315. The van der Waals surface area contributed by atoms with Crippen LogP contribution in [-0.2, 0) is 13.5 Å². The summed E-state index contributed by atoms with van der Waals surface area (Å²) in [4.78, 5) is 6.94. The van der Waals surface area contributed by atoms with Gasteiger partial charge >= 0.3 is 0 Å². The normalized spacial score (nSPS) is 12.4. The number of ether oxygens (including phenoxy) is 1. The standard InChI is InChI=1S/C20H32N6O.HI/c1-6-21-20(22-12-11-16-9-7-8-10-19(16)27-5)23-14-18(25(2)3)17-13-24-26(4)15-17;/h7-10,13,15,18H,6,11-12,14H2,1-5H3,(H2,21,22,23);1H. The number of guanidine groups is 1. The average molecular weight is 500 g/mol. The van der Waals surface area contributed by atoms with Crippen LogP contribution in [0.15, 0.2) is 41.7 Å². The van der Waals surface area contributed by atoms with E-state index in [0.717, 1.165) is 36.8 Å². The van der Waals surface area contributed by atoms with E-state index >= 15 is 0 Å². The third-order valence-corrected chi connectivity index (χ3v) is 4.38. The number of para-hydroxylation sites is 1. The lowest BCUT2D eigenvalue weighted by Crippen LogP contribution is -2.39. The van der Waals surface area contributed by atoms with Crippen molar-refractivity contribution in [3.05, 3.63) is 47.8 Å². The van der Waals surface area contributed by atoms with E-state index in [0.29, 0.717) is 6.54 Å². The molecule has 2 N–H and O–H groups in total. The molecule has 0 amide bonds. The van der Waals surface area contributed by atoms with Crippen molar-refractivity contribution in [2.24, 2.45) is 12.0 Å². The van der Waals surface area contributed by atoms with Crippen molar-refractivity contribution in [3.8, 4) is 5.75 Å².